The van der Waals surface area contributed by atoms with Gasteiger partial charge in [-0.15, -0.1) is 0 Å². The molecule has 0 fully saturated rings. The van der Waals surface area contributed by atoms with Gasteiger partial charge >= 0.3 is 0 Å². The number of ether oxygens (including phenoxy) is 6. The van der Waals surface area contributed by atoms with Crippen molar-refractivity contribution in [3.8, 4) is 45.6 Å². The van der Waals surface area contributed by atoms with Gasteiger partial charge in [0.25, 0.3) is 0 Å². The van der Waals surface area contributed by atoms with Crippen molar-refractivity contribution < 1.29 is 38.3 Å². The Labute approximate surface area is 163 Å². The van der Waals surface area contributed by atoms with Crippen molar-refractivity contribution >= 4 is 6.29 Å². The number of aliphatic hydroxyl groups excluding tert-OH is 1. The minimum Gasteiger partial charge on any atom is -0.493 e. The third-order valence-electron chi connectivity index (χ3n) is 4.32. The molecule has 0 aliphatic heterocycles. The third kappa shape index (κ3) is 3.38. The van der Waals surface area contributed by atoms with Gasteiger partial charge in [-0.3, -0.25) is 4.79 Å². The molecule has 1 N–H and O–H groups in total. The Bertz CT molecular complexity index is 860. The van der Waals surface area contributed by atoms with Crippen LogP contribution in [0, 0.1) is 0 Å². The van der Waals surface area contributed by atoms with E-state index >= 15 is 0 Å². The van der Waals surface area contributed by atoms with Crippen LogP contribution in [0.15, 0.2) is 12.1 Å². The predicted octanol–water partition coefficient (Wildman–Crippen LogP) is 2.71. The van der Waals surface area contributed by atoms with Crippen molar-refractivity contribution in [3.63, 3.8) is 0 Å². The van der Waals surface area contributed by atoms with Gasteiger partial charge in [0.2, 0.25) is 11.5 Å². The summed E-state index contributed by atoms with van der Waals surface area (Å²) in [4.78, 5) is 11.9. The fraction of sp³-hybridized carbons (Fsp3) is 0.350. The van der Waals surface area contributed by atoms with Crippen LogP contribution in [0.1, 0.15) is 15.9 Å². The largest absolute Gasteiger partial charge is 0.493 e. The molecule has 0 heterocycles. The lowest BCUT2D eigenvalue weighted by atomic mass is 9.92. The first kappa shape index (κ1) is 21.2. The molecular formula is C20H24O8. The molecule has 0 aliphatic carbocycles. The van der Waals surface area contributed by atoms with Gasteiger partial charge < -0.3 is 33.5 Å². The average Bonchev–Trinajstić information content (AvgIpc) is 2.75. The van der Waals surface area contributed by atoms with Crippen LogP contribution in [-0.2, 0) is 6.61 Å². The van der Waals surface area contributed by atoms with Crippen molar-refractivity contribution in [2.45, 2.75) is 6.61 Å². The van der Waals surface area contributed by atoms with Gasteiger partial charge in [-0.1, -0.05) is 0 Å². The van der Waals surface area contributed by atoms with E-state index in [1.807, 2.05) is 0 Å². The van der Waals surface area contributed by atoms with E-state index in [2.05, 4.69) is 0 Å². The van der Waals surface area contributed by atoms with Gasteiger partial charge in [0.1, 0.15) is 0 Å². The molecule has 0 amide bonds. The summed E-state index contributed by atoms with van der Waals surface area (Å²) in [7, 11) is 8.77. The Balaban J connectivity index is 3.08. The maximum Gasteiger partial charge on any atom is 0.203 e. The fourth-order valence-corrected chi connectivity index (χ4v) is 3.13. The van der Waals surface area contributed by atoms with Gasteiger partial charge in [-0.25, -0.2) is 0 Å². The second-order valence-electron chi connectivity index (χ2n) is 5.56. The Kier molecular flexibility index (Phi) is 6.94. The molecule has 2 rings (SSSR count). The Morgan fingerprint density at radius 1 is 0.714 bits per heavy atom. The van der Waals surface area contributed by atoms with Gasteiger partial charge in [0.05, 0.1) is 49.3 Å². The van der Waals surface area contributed by atoms with Crippen LogP contribution in [0.5, 0.6) is 34.5 Å². The van der Waals surface area contributed by atoms with Crippen LogP contribution in [0.25, 0.3) is 11.1 Å². The molecule has 0 unspecified atom stereocenters. The monoisotopic (exact) mass is 392 g/mol. The molecule has 0 bridgehead atoms. The molecule has 8 heteroatoms. The van der Waals surface area contributed by atoms with E-state index < -0.39 is 0 Å². The molecule has 0 radical (unpaired) electrons. The summed E-state index contributed by atoms with van der Waals surface area (Å²) >= 11 is 0. The van der Waals surface area contributed by atoms with Crippen LogP contribution in [-0.4, -0.2) is 54.1 Å². The normalized spacial score (nSPS) is 10.2. The lowest BCUT2D eigenvalue weighted by Crippen LogP contribution is -2.05. The zero-order chi connectivity index (χ0) is 20.8. The second-order valence-corrected chi connectivity index (χ2v) is 5.56. The molecule has 28 heavy (non-hydrogen) atoms. The van der Waals surface area contributed by atoms with Crippen molar-refractivity contribution in [3.05, 3.63) is 23.3 Å². The van der Waals surface area contributed by atoms with Gasteiger partial charge in [-0.2, -0.15) is 0 Å². The van der Waals surface area contributed by atoms with E-state index in [0.717, 1.165) is 0 Å². The molecule has 0 aromatic heterocycles. The zero-order valence-electron chi connectivity index (χ0n) is 16.7. The van der Waals surface area contributed by atoms with Gasteiger partial charge in [0.15, 0.2) is 29.3 Å². The highest BCUT2D eigenvalue weighted by molar-refractivity contribution is 5.97. The number of aldehydes is 1. The van der Waals surface area contributed by atoms with E-state index in [0.29, 0.717) is 46.0 Å². The van der Waals surface area contributed by atoms with Crippen LogP contribution in [0.3, 0.4) is 0 Å². The van der Waals surface area contributed by atoms with Crippen LogP contribution < -0.4 is 28.4 Å². The zero-order valence-corrected chi connectivity index (χ0v) is 16.7. The molecule has 152 valence electrons. The highest BCUT2D eigenvalue weighted by Gasteiger charge is 2.29. The minimum absolute atomic E-state index is 0.254. The first-order valence-corrected chi connectivity index (χ1v) is 8.27. The predicted molar refractivity (Wildman–Crippen MR) is 103 cm³/mol. The van der Waals surface area contributed by atoms with Crippen LogP contribution >= 0.6 is 0 Å². The molecule has 2 aromatic rings. The highest BCUT2D eigenvalue weighted by Crippen LogP contribution is 2.53. The van der Waals surface area contributed by atoms with Crippen molar-refractivity contribution in [2.24, 2.45) is 0 Å². The van der Waals surface area contributed by atoms with E-state index in [4.69, 9.17) is 28.4 Å². The summed E-state index contributed by atoms with van der Waals surface area (Å²) in [6.07, 6.45) is 0.664. The van der Waals surface area contributed by atoms with E-state index in [1.165, 1.54) is 48.7 Å². The van der Waals surface area contributed by atoms with Crippen molar-refractivity contribution in [1.29, 1.82) is 0 Å². The Morgan fingerprint density at radius 2 is 1.18 bits per heavy atom. The van der Waals surface area contributed by atoms with Crippen molar-refractivity contribution in [2.75, 3.05) is 42.7 Å². The number of rotatable bonds is 9. The topological polar surface area (TPSA) is 92.7 Å². The maximum atomic E-state index is 11.9. The van der Waals surface area contributed by atoms with Gasteiger partial charge in [0, 0.05) is 16.7 Å². The summed E-state index contributed by atoms with van der Waals surface area (Å²) < 4.78 is 32.7. The maximum absolute atomic E-state index is 11.9. The quantitative estimate of drug-likeness (QED) is 0.651. The summed E-state index contributed by atoms with van der Waals surface area (Å²) in [6.45, 7) is -0.345. The summed E-state index contributed by atoms with van der Waals surface area (Å²) in [5, 5.41) is 10.0. The summed E-state index contributed by atoms with van der Waals surface area (Å²) in [5.41, 5.74) is 1.50. The average molecular weight is 392 g/mol. The molecule has 0 saturated heterocycles. The van der Waals surface area contributed by atoms with Crippen LogP contribution in [0.4, 0.5) is 0 Å². The summed E-state index contributed by atoms with van der Waals surface area (Å²) in [6, 6.07) is 3.14. The van der Waals surface area contributed by atoms with E-state index in [1.54, 1.807) is 6.07 Å². The molecule has 0 spiro atoms. The molecule has 0 saturated carbocycles. The SMILES string of the molecule is COc1cc(C=O)c(-c2c(CO)cc(OC)c(OC)c2OC)c(OC)c1OC. The van der Waals surface area contributed by atoms with Gasteiger partial charge in [-0.05, 0) is 17.7 Å². The minimum atomic E-state index is -0.345. The second kappa shape index (κ2) is 9.18. The van der Waals surface area contributed by atoms with E-state index in [-0.39, 0.29) is 23.7 Å². The number of aliphatic hydroxyl groups is 1. The number of carbonyl (C=O) groups excluding carboxylic acids is 1. The smallest absolute Gasteiger partial charge is 0.203 e. The molecule has 8 nitrogen and oxygen atoms in total. The number of hydrogen-bond acceptors (Lipinski definition) is 8. The Hall–Kier alpha value is -3.13. The number of carbonyl (C=O) groups is 1. The third-order valence-corrected chi connectivity index (χ3v) is 4.32. The van der Waals surface area contributed by atoms with E-state index in [9.17, 15) is 9.90 Å². The number of benzene rings is 2. The molecular weight excluding hydrogens is 368 g/mol. The lowest BCUT2D eigenvalue weighted by molar-refractivity contribution is 0.112. The Morgan fingerprint density at radius 3 is 1.57 bits per heavy atom. The van der Waals surface area contributed by atoms with Crippen LogP contribution in [0.2, 0.25) is 0 Å². The molecule has 2 aromatic carbocycles. The number of methoxy groups -OCH3 is 6. The highest BCUT2D eigenvalue weighted by atomic mass is 16.5. The lowest BCUT2D eigenvalue weighted by Gasteiger charge is -2.23. The number of hydrogen-bond donors (Lipinski definition) is 1. The first-order valence-electron chi connectivity index (χ1n) is 8.27. The first-order chi connectivity index (χ1) is 13.6. The summed E-state index contributed by atoms with van der Waals surface area (Å²) in [5.74, 6) is 1.84. The fourth-order valence-electron chi connectivity index (χ4n) is 3.13. The van der Waals surface area contributed by atoms with Crippen molar-refractivity contribution in [1.82, 2.24) is 0 Å². The molecule has 0 aliphatic rings. The standard InChI is InChI=1S/C20H24O8/c1-23-13-7-11(9-21)15(19(27-5)17(13)25-3)16-12(10-22)8-14(24-2)18(26-4)20(16)28-6/h7-9,22H,10H2,1-6H3. The molecule has 0 atom stereocenters.